The summed E-state index contributed by atoms with van der Waals surface area (Å²) in [6, 6.07) is 6.82. The number of nitrogen functional groups attached to an aromatic ring is 1. The topological polar surface area (TPSA) is 72.9 Å². The molecule has 1 aromatic heterocycles. The molecule has 0 saturated heterocycles. The van der Waals surface area contributed by atoms with E-state index in [1.807, 2.05) is 12.3 Å². The lowest BCUT2D eigenvalue weighted by atomic mass is 10.1. The van der Waals surface area contributed by atoms with Crippen LogP contribution < -0.4 is 11.1 Å². The van der Waals surface area contributed by atoms with E-state index >= 15 is 0 Å². The summed E-state index contributed by atoms with van der Waals surface area (Å²) in [6.07, 6.45) is 3.52. The number of anilines is 1. The largest absolute Gasteiger partial charge is 0.398 e. The van der Waals surface area contributed by atoms with E-state index in [2.05, 4.69) is 10.4 Å². The zero-order valence-electron chi connectivity index (χ0n) is 9.64. The van der Waals surface area contributed by atoms with Crippen LogP contribution >= 0.6 is 11.6 Å². The van der Waals surface area contributed by atoms with Crippen LogP contribution in [-0.2, 0) is 6.54 Å². The monoisotopic (exact) mass is 264 g/mol. The molecule has 1 amide bonds. The molecule has 94 valence electrons. The van der Waals surface area contributed by atoms with Gasteiger partial charge >= 0.3 is 0 Å². The van der Waals surface area contributed by atoms with Crippen molar-refractivity contribution in [2.45, 2.75) is 6.54 Å². The highest BCUT2D eigenvalue weighted by atomic mass is 35.5. The molecule has 0 radical (unpaired) electrons. The van der Waals surface area contributed by atoms with E-state index in [1.165, 1.54) is 0 Å². The van der Waals surface area contributed by atoms with Crippen LogP contribution in [0.1, 0.15) is 10.4 Å². The Balaban J connectivity index is 1.96. The lowest BCUT2D eigenvalue weighted by molar-refractivity contribution is 0.0953. The predicted molar refractivity (Wildman–Crippen MR) is 70.4 cm³/mol. The van der Waals surface area contributed by atoms with E-state index in [0.717, 1.165) is 0 Å². The molecule has 0 aliphatic carbocycles. The molecular formula is C12H13ClN4O. The Morgan fingerprint density at radius 2 is 2.28 bits per heavy atom. The van der Waals surface area contributed by atoms with Crippen molar-refractivity contribution in [2.24, 2.45) is 0 Å². The van der Waals surface area contributed by atoms with E-state index in [0.29, 0.717) is 29.4 Å². The molecule has 3 N–H and O–H groups in total. The highest BCUT2D eigenvalue weighted by Crippen LogP contribution is 2.21. The predicted octanol–water partition coefficient (Wildman–Crippen LogP) is 1.55. The number of hydrogen-bond acceptors (Lipinski definition) is 3. The van der Waals surface area contributed by atoms with Gasteiger partial charge in [-0.15, -0.1) is 0 Å². The second kappa shape index (κ2) is 5.55. The molecule has 6 heteroatoms. The van der Waals surface area contributed by atoms with Gasteiger partial charge < -0.3 is 11.1 Å². The average Bonchev–Trinajstić information content (AvgIpc) is 2.82. The second-order valence-corrected chi connectivity index (χ2v) is 4.14. The minimum Gasteiger partial charge on any atom is -0.398 e. The van der Waals surface area contributed by atoms with Crippen molar-refractivity contribution in [1.82, 2.24) is 15.1 Å². The molecule has 0 aliphatic rings. The maximum Gasteiger partial charge on any atom is 0.254 e. The van der Waals surface area contributed by atoms with Crippen molar-refractivity contribution in [3.05, 3.63) is 47.2 Å². The van der Waals surface area contributed by atoms with Crippen molar-refractivity contribution in [3.8, 4) is 0 Å². The summed E-state index contributed by atoms with van der Waals surface area (Å²) in [5.74, 6) is -0.273. The summed E-state index contributed by atoms with van der Waals surface area (Å²) in [6.45, 7) is 1.06. The van der Waals surface area contributed by atoms with Gasteiger partial charge in [-0.3, -0.25) is 9.48 Å². The number of halogens is 1. The van der Waals surface area contributed by atoms with Gasteiger partial charge in [0.25, 0.3) is 5.91 Å². The van der Waals surface area contributed by atoms with Crippen LogP contribution in [0.25, 0.3) is 0 Å². The molecule has 0 spiro atoms. The molecule has 0 saturated carbocycles. The summed E-state index contributed by atoms with van der Waals surface area (Å²) in [7, 11) is 0. The second-order valence-electron chi connectivity index (χ2n) is 3.73. The highest BCUT2D eigenvalue weighted by molar-refractivity contribution is 6.34. The number of rotatable bonds is 4. The number of nitrogens with zero attached hydrogens (tertiary/aromatic N) is 2. The molecule has 1 heterocycles. The van der Waals surface area contributed by atoms with E-state index in [1.54, 1.807) is 29.1 Å². The fourth-order valence-electron chi connectivity index (χ4n) is 1.59. The van der Waals surface area contributed by atoms with E-state index in [-0.39, 0.29) is 5.91 Å². The first-order valence-electron chi connectivity index (χ1n) is 5.48. The number of aromatic nitrogens is 2. The Morgan fingerprint density at radius 3 is 2.94 bits per heavy atom. The smallest absolute Gasteiger partial charge is 0.254 e. The number of amides is 1. The Morgan fingerprint density at radius 1 is 1.44 bits per heavy atom. The molecule has 18 heavy (non-hydrogen) atoms. The molecule has 0 unspecified atom stereocenters. The number of benzene rings is 1. The summed E-state index contributed by atoms with van der Waals surface area (Å²) in [4.78, 5) is 11.9. The number of nitrogens with one attached hydrogen (secondary N) is 1. The van der Waals surface area contributed by atoms with E-state index in [4.69, 9.17) is 17.3 Å². The quantitative estimate of drug-likeness (QED) is 0.823. The van der Waals surface area contributed by atoms with Crippen LogP contribution in [0, 0.1) is 0 Å². The molecular weight excluding hydrogens is 252 g/mol. The van der Waals surface area contributed by atoms with Gasteiger partial charge in [-0.25, -0.2) is 0 Å². The van der Waals surface area contributed by atoms with Crippen molar-refractivity contribution in [2.75, 3.05) is 12.3 Å². The fraction of sp³-hybridized carbons (Fsp3) is 0.167. The molecule has 0 atom stereocenters. The van der Waals surface area contributed by atoms with Crippen LogP contribution in [0.15, 0.2) is 36.7 Å². The molecule has 0 fully saturated rings. The van der Waals surface area contributed by atoms with Crippen molar-refractivity contribution >= 4 is 23.2 Å². The Kier molecular flexibility index (Phi) is 3.84. The van der Waals surface area contributed by atoms with Crippen LogP contribution in [0.5, 0.6) is 0 Å². The van der Waals surface area contributed by atoms with Gasteiger partial charge in [0.2, 0.25) is 0 Å². The lowest BCUT2D eigenvalue weighted by Gasteiger charge is -2.09. The molecule has 5 nitrogen and oxygen atoms in total. The summed E-state index contributed by atoms with van der Waals surface area (Å²) >= 11 is 5.94. The van der Waals surface area contributed by atoms with Gasteiger partial charge in [0, 0.05) is 24.6 Å². The highest BCUT2D eigenvalue weighted by Gasteiger charge is 2.12. The average molecular weight is 265 g/mol. The molecule has 2 rings (SSSR count). The summed E-state index contributed by atoms with van der Waals surface area (Å²) in [5.41, 5.74) is 6.42. The van der Waals surface area contributed by atoms with Gasteiger partial charge in [-0.1, -0.05) is 17.7 Å². The number of carbonyl (C=O) groups excluding carboxylic acids is 1. The normalized spacial score (nSPS) is 10.3. The zero-order valence-corrected chi connectivity index (χ0v) is 10.4. The van der Waals surface area contributed by atoms with Gasteiger partial charge in [-0.05, 0) is 18.2 Å². The maximum absolute atomic E-state index is 11.9. The van der Waals surface area contributed by atoms with E-state index in [9.17, 15) is 4.79 Å². The number of hydrogen-bond donors (Lipinski definition) is 2. The van der Waals surface area contributed by atoms with Crippen LogP contribution in [-0.4, -0.2) is 22.2 Å². The minimum absolute atomic E-state index is 0.273. The van der Waals surface area contributed by atoms with Crippen molar-refractivity contribution in [1.29, 1.82) is 0 Å². The van der Waals surface area contributed by atoms with Crippen molar-refractivity contribution < 1.29 is 4.79 Å². The van der Waals surface area contributed by atoms with Gasteiger partial charge in [0.1, 0.15) is 0 Å². The Labute approximate surface area is 110 Å². The van der Waals surface area contributed by atoms with Crippen LogP contribution in [0.2, 0.25) is 5.02 Å². The van der Waals surface area contributed by atoms with Crippen LogP contribution in [0.3, 0.4) is 0 Å². The molecule has 2 aromatic rings. The Hall–Kier alpha value is -2.01. The van der Waals surface area contributed by atoms with Crippen molar-refractivity contribution in [3.63, 3.8) is 0 Å². The van der Waals surface area contributed by atoms with Gasteiger partial charge in [0.15, 0.2) is 0 Å². The third-order valence-corrected chi connectivity index (χ3v) is 2.77. The minimum atomic E-state index is -0.273. The Bertz CT molecular complexity index is 519. The third-order valence-electron chi connectivity index (χ3n) is 2.46. The maximum atomic E-state index is 11.9. The first-order valence-corrected chi connectivity index (χ1v) is 5.86. The fourth-order valence-corrected chi connectivity index (χ4v) is 1.85. The first kappa shape index (κ1) is 12.4. The SMILES string of the molecule is Nc1cccc(Cl)c1C(=O)NCCn1cccn1. The first-order chi connectivity index (χ1) is 8.68. The summed E-state index contributed by atoms with van der Waals surface area (Å²) < 4.78 is 1.73. The lowest BCUT2D eigenvalue weighted by Crippen LogP contribution is -2.28. The zero-order chi connectivity index (χ0) is 13.0. The number of nitrogens with two attached hydrogens (primary N) is 1. The summed E-state index contributed by atoms with van der Waals surface area (Å²) in [5, 5.41) is 7.14. The van der Waals surface area contributed by atoms with Crippen LogP contribution in [0.4, 0.5) is 5.69 Å². The van der Waals surface area contributed by atoms with E-state index < -0.39 is 0 Å². The number of carbonyl (C=O) groups is 1. The molecule has 0 bridgehead atoms. The standard InChI is InChI=1S/C12H13ClN4O/c13-9-3-1-4-10(14)11(9)12(18)15-6-8-17-7-2-5-16-17/h1-5,7H,6,8,14H2,(H,15,18). The van der Waals surface area contributed by atoms with Gasteiger partial charge in [-0.2, -0.15) is 5.10 Å². The molecule has 0 aliphatic heterocycles. The molecule has 1 aromatic carbocycles. The third kappa shape index (κ3) is 2.81. The van der Waals surface area contributed by atoms with Gasteiger partial charge in [0.05, 0.1) is 17.1 Å².